The van der Waals surface area contributed by atoms with Gasteiger partial charge < -0.3 is 14.0 Å². The normalized spacial score (nSPS) is 18.0. The average molecular weight is 497 g/mol. The molecule has 1 atom stereocenters. The molecule has 0 saturated carbocycles. The summed E-state index contributed by atoms with van der Waals surface area (Å²) in [7, 11) is 1.29. The largest absolute Gasteiger partial charge is 0.465 e. The molecule has 0 N–H and O–H groups in total. The van der Waals surface area contributed by atoms with Crippen molar-refractivity contribution in [3.63, 3.8) is 0 Å². The van der Waals surface area contributed by atoms with E-state index < -0.39 is 29.0 Å². The number of rotatable bonds is 4. The minimum Gasteiger partial charge on any atom is -0.465 e. The van der Waals surface area contributed by atoms with E-state index in [0.29, 0.717) is 35.6 Å². The number of carbonyl (C=O) groups is 1. The van der Waals surface area contributed by atoms with E-state index >= 15 is 0 Å². The van der Waals surface area contributed by atoms with Gasteiger partial charge in [0.15, 0.2) is 11.6 Å². The van der Waals surface area contributed by atoms with Gasteiger partial charge in [-0.05, 0) is 40.2 Å². The lowest BCUT2D eigenvalue weighted by atomic mass is 9.87. The van der Waals surface area contributed by atoms with Crippen molar-refractivity contribution in [3.05, 3.63) is 63.1 Å². The van der Waals surface area contributed by atoms with Crippen molar-refractivity contribution >= 4 is 32.9 Å². The van der Waals surface area contributed by atoms with E-state index in [2.05, 4.69) is 20.9 Å². The molecule has 3 aromatic rings. The summed E-state index contributed by atoms with van der Waals surface area (Å²) in [6, 6.07) is 5.57. The Morgan fingerprint density at radius 2 is 2.03 bits per heavy atom. The summed E-state index contributed by atoms with van der Waals surface area (Å²) >= 11 is 2.82. The first-order valence-electron chi connectivity index (χ1n) is 9.63. The number of benzene rings is 2. The summed E-state index contributed by atoms with van der Waals surface area (Å²) in [4.78, 5) is 16.6. The van der Waals surface area contributed by atoms with Crippen molar-refractivity contribution in [1.82, 2.24) is 9.55 Å². The molecule has 2 aromatic carbocycles. The van der Waals surface area contributed by atoms with E-state index in [0.717, 1.165) is 6.07 Å². The lowest BCUT2D eigenvalue weighted by molar-refractivity contribution is 0.0601. The van der Waals surface area contributed by atoms with Crippen LogP contribution in [0.25, 0.3) is 11.0 Å². The Kier molecular flexibility index (Phi) is 5.59. The van der Waals surface area contributed by atoms with Gasteiger partial charge in [-0.15, -0.1) is 0 Å². The number of methoxy groups -OCH3 is 1. The van der Waals surface area contributed by atoms with Crippen molar-refractivity contribution < 1.29 is 27.4 Å². The van der Waals surface area contributed by atoms with Crippen LogP contribution in [0.2, 0.25) is 0 Å². The van der Waals surface area contributed by atoms with Crippen molar-refractivity contribution in [2.75, 3.05) is 20.3 Å². The smallest absolute Gasteiger partial charge is 0.337 e. The molecule has 0 amide bonds. The van der Waals surface area contributed by atoms with Gasteiger partial charge in [-0.2, -0.15) is 0 Å². The standard InChI is InChI=1S/C22H20BrF3N2O3/c1-22(2)10-31-9-17(22)28-16-6-11(21(29)30-3)4-5-15(16)27-18(28)7-12-14(24)8-13(23)20(26)19(12)25/h4-6,8,17H,7,9-10H2,1-3H3. The maximum Gasteiger partial charge on any atom is 0.337 e. The highest BCUT2D eigenvalue weighted by molar-refractivity contribution is 9.10. The van der Waals surface area contributed by atoms with Crippen LogP contribution < -0.4 is 0 Å². The predicted molar refractivity (Wildman–Crippen MR) is 112 cm³/mol. The Bertz CT molecular complexity index is 1190. The lowest BCUT2D eigenvalue weighted by Crippen LogP contribution is -2.27. The molecule has 0 radical (unpaired) electrons. The van der Waals surface area contributed by atoms with Crippen LogP contribution in [0.15, 0.2) is 28.7 Å². The number of nitrogens with zero attached hydrogens (tertiary/aromatic N) is 2. The monoisotopic (exact) mass is 496 g/mol. The first-order chi connectivity index (χ1) is 14.6. The highest BCUT2D eigenvalue weighted by Gasteiger charge is 2.39. The third-order valence-corrected chi connectivity index (χ3v) is 6.27. The molecule has 9 heteroatoms. The quantitative estimate of drug-likeness (QED) is 0.283. The maximum atomic E-state index is 14.6. The minimum absolute atomic E-state index is 0.202. The predicted octanol–water partition coefficient (Wildman–Crippen LogP) is 5.19. The molecule has 0 bridgehead atoms. The highest BCUT2D eigenvalue weighted by Crippen LogP contribution is 2.40. The number of fused-ring (bicyclic) bond motifs is 1. The zero-order chi connectivity index (χ0) is 22.5. The Labute approximate surface area is 185 Å². The lowest BCUT2D eigenvalue weighted by Gasteiger charge is -2.28. The molecule has 1 aliphatic rings. The number of halogens is 4. The average Bonchev–Trinajstić information content (AvgIpc) is 3.26. The van der Waals surface area contributed by atoms with Crippen LogP contribution in [-0.2, 0) is 15.9 Å². The van der Waals surface area contributed by atoms with Gasteiger partial charge in [0.1, 0.15) is 11.6 Å². The summed E-state index contributed by atoms with van der Waals surface area (Å²) in [5, 5.41) is 0. The first kappa shape index (κ1) is 21.8. The number of hydrogen-bond acceptors (Lipinski definition) is 4. The van der Waals surface area contributed by atoms with Crippen LogP contribution in [0.1, 0.15) is 41.6 Å². The van der Waals surface area contributed by atoms with E-state index in [9.17, 15) is 18.0 Å². The van der Waals surface area contributed by atoms with Crippen LogP contribution in [0.5, 0.6) is 0 Å². The maximum absolute atomic E-state index is 14.6. The van der Waals surface area contributed by atoms with Crippen molar-refractivity contribution in [2.45, 2.75) is 26.3 Å². The highest BCUT2D eigenvalue weighted by atomic mass is 79.9. The van der Waals surface area contributed by atoms with Crippen molar-refractivity contribution in [3.8, 4) is 0 Å². The zero-order valence-electron chi connectivity index (χ0n) is 17.1. The Hall–Kier alpha value is -2.39. The molecule has 31 heavy (non-hydrogen) atoms. The van der Waals surface area contributed by atoms with Crippen LogP contribution in [0.4, 0.5) is 13.2 Å². The molecule has 1 unspecified atom stereocenters. The second-order valence-corrected chi connectivity index (χ2v) is 9.09. The summed E-state index contributed by atoms with van der Waals surface area (Å²) in [5.41, 5.74) is 0.767. The molecule has 1 fully saturated rings. The number of hydrogen-bond donors (Lipinski definition) is 0. The molecule has 0 spiro atoms. The number of aromatic nitrogens is 2. The van der Waals surface area contributed by atoms with Crippen LogP contribution in [0, 0.1) is 22.9 Å². The van der Waals surface area contributed by atoms with Crippen LogP contribution >= 0.6 is 15.9 Å². The van der Waals surface area contributed by atoms with Gasteiger partial charge in [0.2, 0.25) is 0 Å². The second kappa shape index (κ2) is 7.94. The summed E-state index contributed by atoms with van der Waals surface area (Å²) in [6.07, 6.45) is -0.267. The van der Waals surface area contributed by atoms with Crippen molar-refractivity contribution in [1.29, 1.82) is 0 Å². The Morgan fingerprint density at radius 1 is 1.29 bits per heavy atom. The fourth-order valence-corrected chi connectivity index (χ4v) is 4.34. The Morgan fingerprint density at radius 3 is 2.68 bits per heavy atom. The first-order valence-corrected chi connectivity index (χ1v) is 10.4. The summed E-state index contributed by atoms with van der Waals surface area (Å²) < 4.78 is 55.3. The molecule has 164 valence electrons. The fraction of sp³-hybridized carbons (Fsp3) is 0.364. The SMILES string of the molecule is COC(=O)c1ccc2nc(Cc3c(F)cc(Br)c(F)c3F)n(C3COCC3(C)C)c2c1. The van der Waals surface area contributed by atoms with Gasteiger partial charge in [-0.3, -0.25) is 0 Å². The summed E-state index contributed by atoms with van der Waals surface area (Å²) in [6.45, 7) is 4.90. The fourth-order valence-electron chi connectivity index (χ4n) is 3.96. The van der Waals surface area contributed by atoms with Gasteiger partial charge >= 0.3 is 5.97 Å². The van der Waals surface area contributed by atoms with Gasteiger partial charge in [0.25, 0.3) is 0 Å². The summed E-state index contributed by atoms with van der Waals surface area (Å²) in [5.74, 6) is -3.45. The zero-order valence-corrected chi connectivity index (χ0v) is 18.7. The third-order valence-electron chi connectivity index (χ3n) is 5.69. The molecule has 1 aromatic heterocycles. The Balaban J connectivity index is 1.92. The molecular weight excluding hydrogens is 477 g/mol. The second-order valence-electron chi connectivity index (χ2n) is 8.24. The number of esters is 1. The molecule has 2 heterocycles. The third kappa shape index (κ3) is 3.74. The number of imidazole rings is 1. The van der Waals surface area contributed by atoms with E-state index in [1.165, 1.54) is 7.11 Å². The molecule has 5 nitrogen and oxygen atoms in total. The molecule has 1 saturated heterocycles. The molecular formula is C22H20BrF3N2O3. The van der Waals surface area contributed by atoms with E-state index in [-0.39, 0.29) is 22.4 Å². The minimum atomic E-state index is -1.26. The van der Waals surface area contributed by atoms with Crippen molar-refractivity contribution in [2.24, 2.45) is 5.41 Å². The van der Waals surface area contributed by atoms with Crippen LogP contribution in [-0.4, -0.2) is 35.8 Å². The van der Waals surface area contributed by atoms with Gasteiger partial charge in [0.05, 0.1) is 47.4 Å². The van der Waals surface area contributed by atoms with E-state index in [1.807, 2.05) is 18.4 Å². The van der Waals surface area contributed by atoms with Gasteiger partial charge in [-0.1, -0.05) is 13.8 Å². The van der Waals surface area contributed by atoms with Crippen LogP contribution in [0.3, 0.4) is 0 Å². The van der Waals surface area contributed by atoms with Gasteiger partial charge in [-0.25, -0.2) is 22.9 Å². The van der Waals surface area contributed by atoms with Gasteiger partial charge in [0, 0.05) is 17.4 Å². The van der Waals surface area contributed by atoms with E-state index in [1.54, 1.807) is 18.2 Å². The molecule has 4 rings (SSSR count). The topological polar surface area (TPSA) is 53.3 Å². The number of carbonyl (C=O) groups excluding carboxylic acids is 1. The van der Waals surface area contributed by atoms with E-state index in [4.69, 9.17) is 9.47 Å². The molecule has 1 aliphatic heterocycles. The molecule has 0 aliphatic carbocycles. The number of ether oxygens (including phenoxy) is 2.